The maximum Gasteiger partial charge on any atom is 0.0235 e. The molecule has 0 radical (unpaired) electrons. The molecule has 0 spiro atoms. The monoisotopic (exact) mass is 175 g/mol. The molecule has 0 aliphatic carbocycles. The first kappa shape index (κ1) is 9.34. The van der Waals surface area contributed by atoms with Crippen molar-refractivity contribution in [2.45, 2.75) is 45.2 Å². The van der Waals surface area contributed by atoms with Gasteiger partial charge < -0.3 is 0 Å². The second kappa shape index (κ2) is 4.32. The van der Waals surface area contributed by atoms with Gasteiger partial charge in [-0.05, 0) is 39.7 Å². The molecule has 0 aromatic carbocycles. The van der Waals surface area contributed by atoms with E-state index in [4.69, 9.17) is 11.6 Å². The van der Waals surface area contributed by atoms with E-state index in [1.807, 2.05) is 0 Å². The van der Waals surface area contributed by atoms with Crippen molar-refractivity contribution in [3.8, 4) is 0 Å². The Morgan fingerprint density at radius 2 is 1.82 bits per heavy atom. The van der Waals surface area contributed by atoms with Gasteiger partial charge in [-0.3, -0.25) is 4.90 Å². The molecule has 1 fully saturated rings. The van der Waals surface area contributed by atoms with Crippen LogP contribution in [0.1, 0.15) is 33.1 Å². The standard InChI is InChI=1S/C9H18ClN/c1-8-4-5-9(2)11(8)7-3-6-10/h8-9H,3-7H2,1-2H3/t8-,9-/m1/s1. The highest BCUT2D eigenvalue weighted by Crippen LogP contribution is 2.23. The molecule has 1 nitrogen and oxygen atoms in total. The Morgan fingerprint density at radius 3 is 2.27 bits per heavy atom. The molecule has 1 heterocycles. The second-order valence-electron chi connectivity index (χ2n) is 3.56. The second-order valence-corrected chi connectivity index (χ2v) is 3.93. The highest BCUT2D eigenvalue weighted by molar-refractivity contribution is 6.17. The zero-order valence-electron chi connectivity index (χ0n) is 7.52. The molecule has 0 aromatic rings. The van der Waals surface area contributed by atoms with Gasteiger partial charge in [0.15, 0.2) is 0 Å². The van der Waals surface area contributed by atoms with Crippen molar-refractivity contribution in [2.75, 3.05) is 12.4 Å². The first-order valence-corrected chi connectivity index (χ1v) is 5.11. The van der Waals surface area contributed by atoms with Crippen LogP contribution in [0.5, 0.6) is 0 Å². The van der Waals surface area contributed by atoms with E-state index < -0.39 is 0 Å². The summed E-state index contributed by atoms with van der Waals surface area (Å²) in [5.41, 5.74) is 0. The predicted octanol–water partition coefficient (Wildman–Crippen LogP) is 2.49. The van der Waals surface area contributed by atoms with Gasteiger partial charge in [-0.2, -0.15) is 0 Å². The number of nitrogens with zero attached hydrogens (tertiary/aromatic N) is 1. The first-order valence-electron chi connectivity index (χ1n) is 4.57. The van der Waals surface area contributed by atoms with Gasteiger partial charge in [-0.1, -0.05) is 0 Å². The minimum Gasteiger partial charge on any atom is -0.298 e. The zero-order valence-corrected chi connectivity index (χ0v) is 8.27. The summed E-state index contributed by atoms with van der Waals surface area (Å²) in [6, 6.07) is 1.57. The lowest BCUT2D eigenvalue weighted by Crippen LogP contribution is -2.33. The van der Waals surface area contributed by atoms with E-state index in [1.54, 1.807) is 0 Å². The molecule has 0 amide bonds. The minimum atomic E-state index is 0.785. The molecule has 1 aliphatic heterocycles. The van der Waals surface area contributed by atoms with E-state index in [0.29, 0.717) is 0 Å². The summed E-state index contributed by atoms with van der Waals surface area (Å²) in [5, 5.41) is 0. The molecular weight excluding hydrogens is 158 g/mol. The van der Waals surface area contributed by atoms with Crippen molar-refractivity contribution in [3.05, 3.63) is 0 Å². The molecule has 66 valence electrons. The number of alkyl halides is 1. The molecule has 2 atom stereocenters. The first-order chi connectivity index (χ1) is 5.25. The Morgan fingerprint density at radius 1 is 1.27 bits per heavy atom. The zero-order chi connectivity index (χ0) is 8.27. The van der Waals surface area contributed by atoms with Crippen LogP contribution in [-0.2, 0) is 0 Å². The maximum absolute atomic E-state index is 5.65. The van der Waals surface area contributed by atoms with Gasteiger partial charge in [0.05, 0.1) is 0 Å². The van der Waals surface area contributed by atoms with Crippen LogP contribution in [-0.4, -0.2) is 29.4 Å². The Kier molecular flexibility index (Phi) is 3.67. The summed E-state index contributed by atoms with van der Waals surface area (Å²) in [6.07, 6.45) is 3.86. The number of halogens is 1. The Hall–Kier alpha value is 0.250. The summed E-state index contributed by atoms with van der Waals surface area (Å²) < 4.78 is 0. The quantitative estimate of drug-likeness (QED) is 0.596. The molecule has 2 heteroatoms. The molecule has 1 saturated heterocycles. The molecule has 0 bridgehead atoms. The van der Waals surface area contributed by atoms with Crippen LogP contribution in [0.4, 0.5) is 0 Å². The smallest absolute Gasteiger partial charge is 0.0235 e. The fourth-order valence-electron chi connectivity index (χ4n) is 1.93. The third kappa shape index (κ3) is 2.34. The molecule has 0 N–H and O–H groups in total. The largest absolute Gasteiger partial charge is 0.298 e. The maximum atomic E-state index is 5.65. The molecule has 1 aliphatic rings. The summed E-state index contributed by atoms with van der Waals surface area (Å²) in [6.45, 7) is 5.82. The highest BCUT2D eigenvalue weighted by atomic mass is 35.5. The van der Waals surface area contributed by atoms with Crippen LogP contribution in [0.15, 0.2) is 0 Å². The van der Waals surface area contributed by atoms with Crippen molar-refractivity contribution < 1.29 is 0 Å². The van der Waals surface area contributed by atoms with E-state index in [-0.39, 0.29) is 0 Å². The van der Waals surface area contributed by atoms with Crippen LogP contribution in [0.2, 0.25) is 0 Å². The van der Waals surface area contributed by atoms with E-state index >= 15 is 0 Å². The topological polar surface area (TPSA) is 3.24 Å². The van der Waals surface area contributed by atoms with Crippen LogP contribution >= 0.6 is 11.6 Å². The summed E-state index contributed by atoms with van der Waals surface area (Å²) >= 11 is 5.65. The van der Waals surface area contributed by atoms with Crippen LogP contribution in [0, 0.1) is 0 Å². The van der Waals surface area contributed by atoms with Crippen LogP contribution in [0.25, 0.3) is 0 Å². The fraction of sp³-hybridized carbons (Fsp3) is 1.00. The van der Waals surface area contributed by atoms with Gasteiger partial charge in [0.1, 0.15) is 0 Å². The minimum absolute atomic E-state index is 0.785. The van der Waals surface area contributed by atoms with Gasteiger partial charge in [-0.15, -0.1) is 11.6 Å². The third-order valence-electron chi connectivity index (χ3n) is 2.68. The van der Waals surface area contributed by atoms with Crippen molar-refractivity contribution in [1.29, 1.82) is 0 Å². The third-order valence-corrected chi connectivity index (χ3v) is 2.95. The SMILES string of the molecule is C[C@@H]1CC[C@@H](C)N1CCCCl. The molecular formula is C9H18ClN. The summed E-state index contributed by atoms with van der Waals surface area (Å²) in [5.74, 6) is 0.802. The Labute approximate surface area is 74.7 Å². The number of rotatable bonds is 3. The molecule has 0 saturated carbocycles. The van der Waals surface area contributed by atoms with Gasteiger partial charge in [0.2, 0.25) is 0 Å². The fourth-order valence-corrected chi connectivity index (χ4v) is 2.05. The number of likely N-dealkylation sites (tertiary alicyclic amines) is 1. The lowest BCUT2D eigenvalue weighted by atomic mass is 10.2. The molecule has 1 rings (SSSR count). The van der Waals surface area contributed by atoms with Gasteiger partial charge in [-0.25, -0.2) is 0 Å². The highest BCUT2D eigenvalue weighted by Gasteiger charge is 2.25. The van der Waals surface area contributed by atoms with Gasteiger partial charge >= 0.3 is 0 Å². The number of hydrogen-bond donors (Lipinski definition) is 0. The Balaban J connectivity index is 2.29. The molecule has 11 heavy (non-hydrogen) atoms. The van der Waals surface area contributed by atoms with Crippen LogP contribution < -0.4 is 0 Å². The van der Waals surface area contributed by atoms with E-state index in [9.17, 15) is 0 Å². The van der Waals surface area contributed by atoms with E-state index in [0.717, 1.165) is 24.4 Å². The number of hydrogen-bond acceptors (Lipinski definition) is 1. The van der Waals surface area contributed by atoms with Gasteiger partial charge in [0, 0.05) is 18.0 Å². The lowest BCUT2D eigenvalue weighted by Gasteiger charge is -2.25. The summed E-state index contributed by atoms with van der Waals surface area (Å²) in [7, 11) is 0. The molecule has 0 aromatic heterocycles. The van der Waals surface area contributed by atoms with Crippen molar-refractivity contribution >= 4 is 11.6 Å². The van der Waals surface area contributed by atoms with E-state index in [2.05, 4.69) is 18.7 Å². The molecule has 0 unspecified atom stereocenters. The predicted molar refractivity (Wildman–Crippen MR) is 50.2 cm³/mol. The average molecular weight is 176 g/mol. The van der Waals surface area contributed by atoms with Crippen molar-refractivity contribution in [1.82, 2.24) is 4.90 Å². The van der Waals surface area contributed by atoms with E-state index in [1.165, 1.54) is 19.4 Å². The van der Waals surface area contributed by atoms with Crippen molar-refractivity contribution in [3.63, 3.8) is 0 Å². The Bertz CT molecular complexity index is 106. The average Bonchev–Trinajstić information content (AvgIpc) is 2.29. The lowest BCUT2D eigenvalue weighted by molar-refractivity contribution is 0.215. The normalized spacial score (nSPS) is 33.0. The van der Waals surface area contributed by atoms with Gasteiger partial charge in [0.25, 0.3) is 0 Å². The van der Waals surface area contributed by atoms with Crippen LogP contribution in [0.3, 0.4) is 0 Å². The summed E-state index contributed by atoms with van der Waals surface area (Å²) in [4.78, 5) is 2.57. The van der Waals surface area contributed by atoms with Crippen molar-refractivity contribution in [2.24, 2.45) is 0 Å².